The molecule has 0 bridgehead atoms. The van der Waals surface area contributed by atoms with E-state index in [1.54, 1.807) is 30.3 Å². The van der Waals surface area contributed by atoms with E-state index in [4.69, 9.17) is 23.2 Å². The molecule has 1 aliphatic heterocycles. The minimum Gasteiger partial charge on any atom is -0.322 e. The standard InChI is InChI=1S/C19H17Cl2N3O3S/c20-16-7-1-4-13(19(16)21)9-10-18(25)23-14-5-2-6-15(12-14)28(26,27)24-17-8-3-11-22-17/h1-2,4-7,9-10,12H,3,8,11H2,(H,22,24)(H,23,25)/b10-9+. The third-order valence-electron chi connectivity index (χ3n) is 3.93. The van der Waals surface area contributed by atoms with Crippen LogP contribution in [0.1, 0.15) is 18.4 Å². The summed E-state index contributed by atoms with van der Waals surface area (Å²) in [4.78, 5) is 16.3. The third-order valence-corrected chi connectivity index (χ3v) is 6.15. The summed E-state index contributed by atoms with van der Waals surface area (Å²) in [6.07, 6.45) is 4.26. The van der Waals surface area contributed by atoms with Crippen molar-refractivity contribution in [1.82, 2.24) is 4.72 Å². The van der Waals surface area contributed by atoms with Gasteiger partial charge in [-0.1, -0.05) is 41.4 Å². The molecule has 2 aromatic carbocycles. The van der Waals surface area contributed by atoms with Gasteiger partial charge in [0.15, 0.2) is 0 Å². The van der Waals surface area contributed by atoms with E-state index in [1.807, 2.05) is 0 Å². The molecule has 0 radical (unpaired) electrons. The van der Waals surface area contributed by atoms with Gasteiger partial charge in [-0.3, -0.25) is 14.5 Å². The fourth-order valence-corrected chi connectivity index (χ4v) is 4.08. The molecule has 28 heavy (non-hydrogen) atoms. The number of rotatable bonds is 5. The zero-order valence-corrected chi connectivity index (χ0v) is 17.0. The first-order valence-corrected chi connectivity index (χ1v) is 10.7. The Hall–Kier alpha value is -2.35. The number of carbonyl (C=O) groups excluding carboxylic acids is 1. The molecule has 1 aliphatic rings. The molecular formula is C19H17Cl2N3O3S. The molecule has 0 aliphatic carbocycles. The minimum atomic E-state index is -3.75. The van der Waals surface area contributed by atoms with Gasteiger partial charge in [-0.2, -0.15) is 0 Å². The lowest BCUT2D eigenvalue weighted by Gasteiger charge is -2.09. The number of nitrogens with one attached hydrogen (secondary N) is 2. The lowest BCUT2D eigenvalue weighted by molar-refractivity contribution is -0.111. The lowest BCUT2D eigenvalue weighted by atomic mass is 10.2. The molecule has 0 unspecified atom stereocenters. The number of amidine groups is 1. The maximum atomic E-state index is 12.5. The fraction of sp³-hybridized carbons (Fsp3) is 0.158. The highest BCUT2D eigenvalue weighted by Gasteiger charge is 2.18. The Kier molecular flexibility index (Phi) is 6.39. The van der Waals surface area contributed by atoms with Crippen LogP contribution in [0.15, 0.2) is 58.4 Å². The number of amides is 1. The molecule has 146 valence electrons. The highest BCUT2D eigenvalue weighted by molar-refractivity contribution is 7.90. The molecule has 0 saturated carbocycles. The van der Waals surface area contributed by atoms with Gasteiger partial charge in [0, 0.05) is 24.7 Å². The Balaban J connectivity index is 1.71. The van der Waals surface area contributed by atoms with E-state index < -0.39 is 15.9 Å². The summed E-state index contributed by atoms with van der Waals surface area (Å²) >= 11 is 12.0. The predicted octanol–water partition coefficient (Wildman–Crippen LogP) is 4.12. The van der Waals surface area contributed by atoms with E-state index >= 15 is 0 Å². The van der Waals surface area contributed by atoms with E-state index in [2.05, 4.69) is 15.0 Å². The van der Waals surface area contributed by atoms with Crippen molar-refractivity contribution in [2.24, 2.45) is 4.99 Å². The van der Waals surface area contributed by atoms with Gasteiger partial charge in [0.2, 0.25) is 5.91 Å². The summed E-state index contributed by atoms with van der Waals surface area (Å²) in [6, 6.07) is 11.1. The van der Waals surface area contributed by atoms with Crippen molar-refractivity contribution >= 4 is 56.7 Å². The molecule has 2 N–H and O–H groups in total. The summed E-state index contributed by atoms with van der Waals surface area (Å²) in [5, 5.41) is 3.37. The average molecular weight is 438 g/mol. The third kappa shape index (κ3) is 5.13. The topological polar surface area (TPSA) is 87.6 Å². The first-order valence-electron chi connectivity index (χ1n) is 8.44. The van der Waals surface area contributed by atoms with Crippen molar-refractivity contribution in [3.8, 4) is 0 Å². The second kappa shape index (κ2) is 8.77. The number of sulfonamides is 1. The molecule has 2 aromatic rings. The molecule has 9 heteroatoms. The first kappa shape index (κ1) is 20.4. The highest BCUT2D eigenvalue weighted by atomic mass is 35.5. The lowest BCUT2D eigenvalue weighted by Crippen LogP contribution is -2.29. The molecular weight excluding hydrogens is 421 g/mol. The predicted molar refractivity (Wildman–Crippen MR) is 112 cm³/mol. The number of halogens is 2. The van der Waals surface area contributed by atoms with E-state index in [0.29, 0.717) is 40.1 Å². The maximum absolute atomic E-state index is 12.5. The molecule has 0 fully saturated rings. The number of hydrogen-bond donors (Lipinski definition) is 2. The number of carbonyl (C=O) groups is 1. The average Bonchev–Trinajstić information content (AvgIpc) is 3.15. The molecule has 0 aromatic heterocycles. The van der Waals surface area contributed by atoms with Crippen molar-refractivity contribution < 1.29 is 13.2 Å². The zero-order chi connectivity index (χ0) is 20.1. The van der Waals surface area contributed by atoms with Crippen LogP contribution in [0.25, 0.3) is 6.08 Å². The van der Waals surface area contributed by atoms with Gasteiger partial charge in [-0.05, 0) is 42.3 Å². The summed E-state index contributed by atoms with van der Waals surface area (Å²) < 4.78 is 27.4. The summed E-state index contributed by atoms with van der Waals surface area (Å²) in [5.74, 6) is 0.0227. The fourth-order valence-electron chi connectivity index (χ4n) is 2.58. The van der Waals surface area contributed by atoms with Crippen LogP contribution in [0.2, 0.25) is 10.0 Å². The molecule has 1 heterocycles. The number of anilines is 1. The van der Waals surface area contributed by atoms with Gasteiger partial charge in [0.1, 0.15) is 5.84 Å². The molecule has 6 nitrogen and oxygen atoms in total. The second-order valence-corrected chi connectivity index (χ2v) is 8.50. The Morgan fingerprint density at radius 2 is 1.93 bits per heavy atom. The number of aliphatic imine (C=N–C) groups is 1. The molecule has 0 atom stereocenters. The van der Waals surface area contributed by atoms with Crippen LogP contribution in [0, 0.1) is 0 Å². The SMILES string of the molecule is O=C(/C=C/c1cccc(Cl)c1Cl)Nc1cccc(S(=O)(=O)NC2=NCCC2)c1. The largest absolute Gasteiger partial charge is 0.322 e. The second-order valence-electron chi connectivity index (χ2n) is 6.03. The van der Waals surface area contributed by atoms with Crippen LogP contribution in [0.3, 0.4) is 0 Å². The van der Waals surface area contributed by atoms with Crippen molar-refractivity contribution in [1.29, 1.82) is 0 Å². The number of hydrogen-bond acceptors (Lipinski definition) is 4. The minimum absolute atomic E-state index is 0.0433. The van der Waals surface area contributed by atoms with Gasteiger partial charge in [-0.25, -0.2) is 8.42 Å². The Labute approximate surface area is 173 Å². The van der Waals surface area contributed by atoms with Crippen LogP contribution in [-0.4, -0.2) is 26.7 Å². The van der Waals surface area contributed by atoms with Crippen LogP contribution in [-0.2, 0) is 14.8 Å². The van der Waals surface area contributed by atoms with Crippen LogP contribution < -0.4 is 10.0 Å². The van der Waals surface area contributed by atoms with Crippen LogP contribution in [0.4, 0.5) is 5.69 Å². The van der Waals surface area contributed by atoms with E-state index in [1.165, 1.54) is 24.3 Å². The van der Waals surface area contributed by atoms with E-state index in [9.17, 15) is 13.2 Å². The molecule has 1 amide bonds. The smallest absolute Gasteiger partial charge is 0.262 e. The molecule has 0 spiro atoms. The van der Waals surface area contributed by atoms with Crippen molar-refractivity contribution in [3.05, 3.63) is 64.1 Å². The van der Waals surface area contributed by atoms with Crippen molar-refractivity contribution in [2.75, 3.05) is 11.9 Å². The van der Waals surface area contributed by atoms with E-state index in [-0.39, 0.29) is 4.90 Å². The normalized spacial score (nSPS) is 14.1. The van der Waals surface area contributed by atoms with Crippen molar-refractivity contribution in [3.63, 3.8) is 0 Å². The first-order chi connectivity index (χ1) is 13.3. The van der Waals surface area contributed by atoms with Crippen molar-refractivity contribution in [2.45, 2.75) is 17.7 Å². The Bertz CT molecular complexity index is 1070. The van der Waals surface area contributed by atoms with Crippen LogP contribution in [0.5, 0.6) is 0 Å². The molecule has 0 saturated heterocycles. The van der Waals surface area contributed by atoms with Gasteiger partial charge in [-0.15, -0.1) is 0 Å². The zero-order valence-electron chi connectivity index (χ0n) is 14.7. The summed E-state index contributed by atoms with van der Waals surface area (Å²) in [5.41, 5.74) is 0.949. The van der Waals surface area contributed by atoms with Crippen LogP contribution >= 0.6 is 23.2 Å². The van der Waals surface area contributed by atoms with Gasteiger partial charge < -0.3 is 5.32 Å². The number of nitrogens with zero attached hydrogens (tertiary/aromatic N) is 1. The number of benzene rings is 2. The molecule has 3 rings (SSSR count). The van der Waals surface area contributed by atoms with Gasteiger partial charge >= 0.3 is 0 Å². The summed E-state index contributed by atoms with van der Waals surface area (Å²) in [7, 11) is -3.75. The quantitative estimate of drug-likeness (QED) is 0.689. The summed E-state index contributed by atoms with van der Waals surface area (Å²) in [6.45, 7) is 0.622. The Morgan fingerprint density at radius 1 is 1.14 bits per heavy atom. The monoisotopic (exact) mass is 437 g/mol. The maximum Gasteiger partial charge on any atom is 0.262 e. The van der Waals surface area contributed by atoms with Gasteiger partial charge in [0.25, 0.3) is 10.0 Å². The van der Waals surface area contributed by atoms with Gasteiger partial charge in [0.05, 0.1) is 14.9 Å². The highest BCUT2D eigenvalue weighted by Crippen LogP contribution is 2.26. The Morgan fingerprint density at radius 3 is 2.68 bits per heavy atom. The van der Waals surface area contributed by atoms with E-state index in [0.717, 1.165) is 6.42 Å².